The van der Waals surface area contributed by atoms with E-state index in [0.717, 1.165) is 36.8 Å². The summed E-state index contributed by atoms with van der Waals surface area (Å²) < 4.78 is 5.31. The lowest BCUT2D eigenvalue weighted by atomic mass is 9.75. The molecule has 0 saturated carbocycles. The molecule has 3 atom stereocenters. The summed E-state index contributed by atoms with van der Waals surface area (Å²) in [5, 5.41) is 14.5. The van der Waals surface area contributed by atoms with Gasteiger partial charge in [-0.1, -0.05) is 73.5 Å². The molecule has 2 N–H and O–H groups in total. The van der Waals surface area contributed by atoms with Crippen molar-refractivity contribution >= 4 is 12.0 Å². The fraction of sp³-hybridized carbons (Fsp3) is 0.417. The number of nitrogens with zero attached hydrogens (tertiary/aromatic N) is 1. The first-order valence-electron chi connectivity index (χ1n) is 10.6. The van der Waals surface area contributed by atoms with Gasteiger partial charge in [-0.25, -0.2) is 4.79 Å². The van der Waals surface area contributed by atoms with Crippen molar-refractivity contribution in [3.8, 4) is 0 Å². The zero-order chi connectivity index (χ0) is 21.0. The van der Waals surface area contributed by atoms with E-state index >= 15 is 0 Å². The zero-order valence-corrected chi connectivity index (χ0v) is 17.0. The second-order valence-electron chi connectivity index (χ2n) is 8.15. The number of amides is 2. The predicted octanol–water partition coefficient (Wildman–Crippen LogP) is 3.34. The Morgan fingerprint density at radius 1 is 1.07 bits per heavy atom. The number of alkyl carbamates (subject to hydrolysis) is 1. The number of hydrogen-bond donors (Lipinski definition) is 2. The summed E-state index contributed by atoms with van der Waals surface area (Å²) in [6, 6.07) is 17.7. The van der Waals surface area contributed by atoms with Gasteiger partial charge in [-0.3, -0.25) is 4.79 Å². The second-order valence-corrected chi connectivity index (χ2v) is 8.15. The van der Waals surface area contributed by atoms with Crippen molar-refractivity contribution in [3.63, 3.8) is 0 Å². The van der Waals surface area contributed by atoms with Crippen LogP contribution in [0.3, 0.4) is 0 Å². The predicted molar refractivity (Wildman–Crippen MR) is 112 cm³/mol. The molecule has 2 aliphatic rings. The first-order valence-corrected chi connectivity index (χ1v) is 10.6. The Morgan fingerprint density at radius 2 is 1.77 bits per heavy atom. The largest absolute Gasteiger partial charge is 0.445 e. The van der Waals surface area contributed by atoms with Crippen LogP contribution in [0, 0.1) is 0 Å². The van der Waals surface area contributed by atoms with Gasteiger partial charge >= 0.3 is 6.09 Å². The summed E-state index contributed by atoms with van der Waals surface area (Å²) in [6.07, 6.45) is 3.14. The van der Waals surface area contributed by atoms with Gasteiger partial charge in [-0.2, -0.15) is 0 Å². The molecule has 2 fully saturated rings. The van der Waals surface area contributed by atoms with E-state index in [9.17, 15) is 14.7 Å². The normalized spacial score (nSPS) is 26.4. The van der Waals surface area contributed by atoms with Gasteiger partial charge in [-0.15, -0.1) is 0 Å². The number of rotatable bonds is 4. The van der Waals surface area contributed by atoms with Gasteiger partial charge in [0.2, 0.25) is 5.91 Å². The van der Waals surface area contributed by atoms with E-state index in [1.54, 1.807) is 4.90 Å². The lowest BCUT2D eigenvalue weighted by Gasteiger charge is -2.49. The number of carbonyl (C=O) groups is 2. The van der Waals surface area contributed by atoms with Crippen LogP contribution in [-0.4, -0.2) is 40.6 Å². The van der Waals surface area contributed by atoms with Gasteiger partial charge in [0.25, 0.3) is 0 Å². The molecular weight excluding hydrogens is 380 g/mol. The minimum Gasteiger partial charge on any atom is -0.445 e. The lowest BCUT2D eigenvalue weighted by Crippen LogP contribution is -2.65. The van der Waals surface area contributed by atoms with E-state index in [1.165, 1.54) is 0 Å². The number of piperidine rings is 1. The molecule has 0 radical (unpaired) electrons. The van der Waals surface area contributed by atoms with E-state index in [0.29, 0.717) is 6.54 Å². The van der Waals surface area contributed by atoms with Gasteiger partial charge in [0.05, 0.1) is 6.04 Å². The number of carbonyl (C=O) groups excluding carboxylic acids is 2. The molecule has 30 heavy (non-hydrogen) atoms. The molecule has 3 unspecified atom stereocenters. The third kappa shape index (κ3) is 4.19. The molecule has 158 valence electrons. The highest BCUT2D eigenvalue weighted by molar-refractivity contribution is 5.87. The van der Waals surface area contributed by atoms with Crippen molar-refractivity contribution in [2.24, 2.45) is 0 Å². The van der Waals surface area contributed by atoms with Gasteiger partial charge < -0.3 is 20.1 Å². The maximum Gasteiger partial charge on any atom is 0.408 e. The number of ether oxygens (including phenoxy) is 1. The maximum absolute atomic E-state index is 13.2. The molecule has 2 aromatic rings. The SMILES string of the molecule is O=C(NC1CC(O)(c2ccccc2)C2CCCCCN2C1=O)OCc1ccccc1. The summed E-state index contributed by atoms with van der Waals surface area (Å²) in [4.78, 5) is 27.4. The summed E-state index contributed by atoms with van der Waals surface area (Å²) in [7, 11) is 0. The molecule has 4 rings (SSSR count). The van der Waals surface area contributed by atoms with Crippen LogP contribution in [0.15, 0.2) is 60.7 Å². The van der Waals surface area contributed by atoms with E-state index in [2.05, 4.69) is 5.32 Å². The summed E-state index contributed by atoms with van der Waals surface area (Å²) >= 11 is 0. The van der Waals surface area contributed by atoms with Gasteiger partial charge in [0, 0.05) is 13.0 Å². The zero-order valence-electron chi connectivity index (χ0n) is 17.0. The molecule has 2 saturated heterocycles. The fourth-order valence-electron chi connectivity index (χ4n) is 4.66. The molecule has 0 aliphatic carbocycles. The van der Waals surface area contributed by atoms with Crippen LogP contribution in [0.1, 0.15) is 43.2 Å². The molecule has 2 aromatic carbocycles. The van der Waals surface area contributed by atoms with Crippen molar-refractivity contribution in [2.75, 3.05) is 6.54 Å². The Labute approximate surface area is 176 Å². The Kier molecular flexibility index (Phi) is 6.04. The van der Waals surface area contributed by atoms with Crippen LogP contribution in [0.4, 0.5) is 4.79 Å². The number of nitrogens with one attached hydrogen (secondary N) is 1. The lowest BCUT2D eigenvalue weighted by molar-refractivity contribution is -0.158. The monoisotopic (exact) mass is 408 g/mol. The van der Waals surface area contributed by atoms with E-state index < -0.39 is 17.7 Å². The fourth-order valence-corrected chi connectivity index (χ4v) is 4.66. The Bertz CT molecular complexity index is 873. The molecule has 0 spiro atoms. The van der Waals surface area contributed by atoms with Crippen molar-refractivity contribution < 1.29 is 19.4 Å². The van der Waals surface area contributed by atoms with Crippen LogP contribution in [0.25, 0.3) is 0 Å². The molecule has 0 bridgehead atoms. The van der Waals surface area contributed by atoms with E-state index in [4.69, 9.17) is 4.74 Å². The van der Waals surface area contributed by atoms with Crippen LogP contribution in [-0.2, 0) is 21.7 Å². The molecule has 2 aliphatic heterocycles. The Hall–Kier alpha value is -2.86. The molecule has 0 aromatic heterocycles. The average molecular weight is 408 g/mol. The molecule has 6 heteroatoms. The molecular formula is C24H28N2O4. The number of benzene rings is 2. The summed E-state index contributed by atoms with van der Waals surface area (Å²) in [5.74, 6) is -0.140. The average Bonchev–Trinajstić information content (AvgIpc) is 3.04. The van der Waals surface area contributed by atoms with Gasteiger partial charge in [0.1, 0.15) is 18.2 Å². The third-order valence-corrected chi connectivity index (χ3v) is 6.18. The summed E-state index contributed by atoms with van der Waals surface area (Å²) in [5.41, 5.74) is 0.437. The minimum absolute atomic E-state index is 0.128. The highest BCUT2D eigenvalue weighted by atomic mass is 16.5. The van der Waals surface area contributed by atoms with Crippen molar-refractivity contribution in [3.05, 3.63) is 71.8 Å². The van der Waals surface area contributed by atoms with Crippen LogP contribution in [0.5, 0.6) is 0 Å². The van der Waals surface area contributed by atoms with Gasteiger partial charge in [0.15, 0.2) is 0 Å². The van der Waals surface area contributed by atoms with Crippen molar-refractivity contribution in [2.45, 2.75) is 56.4 Å². The molecule has 2 amide bonds. The Morgan fingerprint density at radius 3 is 2.50 bits per heavy atom. The molecule has 6 nitrogen and oxygen atoms in total. The van der Waals surface area contributed by atoms with E-state index in [-0.39, 0.29) is 25.0 Å². The third-order valence-electron chi connectivity index (χ3n) is 6.18. The number of aliphatic hydroxyl groups is 1. The number of hydrogen-bond acceptors (Lipinski definition) is 4. The summed E-state index contributed by atoms with van der Waals surface area (Å²) in [6.45, 7) is 0.721. The van der Waals surface area contributed by atoms with Crippen LogP contribution >= 0.6 is 0 Å². The van der Waals surface area contributed by atoms with Crippen molar-refractivity contribution in [1.82, 2.24) is 10.2 Å². The molecule has 2 heterocycles. The number of fused-ring (bicyclic) bond motifs is 1. The first-order chi connectivity index (χ1) is 14.6. The Balaban J connectivity index is 1.53. The smallest absolute Gasteiger partial charge is 0.408 e. The van der Waals surface area contributed by atoms with Crippen LogP contribution < -0.4 is 5.32 Å². The highest BCUT2D eigenvalue weighted by Crippen LogP contribution is 2.41. The van der Waals surface area contributed by atoms with E-state index in [1.807, 2.05) is 60.7 Å². The van der Waals surface area contributed by atoms with Crippen molar-refractivity contribution in [1.29, 1.82) is 0 Å². The standard InChI is InChI=1S/C24H28N2O4/c27-22-20(25-23(28)30-17-18-10-4-1-5-11-18)16-24(29,19-12-6-2-7-13-19)21-14-8-3-9-15-26(21)22/h1-2,4-7,10-13,20-21,29H,3,8-9,14-17H2,(H,25,28). The maximum atomic E-state index is 13.2. The quantitative estimate of drug-likeness (QED) is 0.813. The second kappa shape index (κ2) is 8.88. The topological polar surface area (TPSA) is 78.9 Å². The first kappa shape index (κ1) is 20.4. The van der Waals surface area contributed by atoms with Crippen LogP contribution in [0.2, 0.25) is 0 Å². The minimum atomic E-state index is -1.21. The highest BCUT2D eigenvalue weighted by Gasteiger charge is 2.52. The van der Waals surface area contributed by atoms with Gasteiger partial charge in [-0.05, 0) is 24.0 Å².